The highest BCUT2D eigenvalue weighted by Crippen LogP contribution is 2.35. The van der Waals surface area contributed by atoms with Crippen LogP contribution >= 0.6 is 0 Å². The minimum absolute atomic E-state index is 0.0689. The average molecular weight is 414 g/mol. The van der Waals surface area contributed by atoms with Crippen molar-refractivity contribution < 1.29 is 42.8 Å². The molecule has 0 bridgehead atoms. The first-order valence-electron chi connectivity index (χ1n) is 9.41. The number of ether oxygens (including phenoxy) is 6. The molecule has 0 amide bonds. The van der Waals surface area contributed by atoms with Gasteiger partial charge in [-0.15, -0.1) is 0 Å². The number of rotatable bonds is 5. The molecular formula is C20H30O9. The summed E-state index contributed by atoms with van der Waals surface area (Å²) in [6, 6.07) is 0. The fourth-order valence-corrected chi connectivity index (χ4v) is 2.41. The predicted molar refractivity (Wildman–Crippen MR) is 98.9 cm³/mol. The molecule has 2 aliphatic heterocycles. The van der Waals surface area contributed by atoms with E-state index in [1.54, 1.807) is 55.4 Å². The Hall–Kier alpha value is -2.13. The minimum atomic E-state index is -1.000. The zero-order valence-corrected chi connectivity index (χ0v) is 18.2. The molecule has 0 saturated carbocycles. The van der Waals surface area contributed by atoms with Crippen molar-refractivity contribution in [1.82, 2.24) is 0 Å². The van der Waals surface area contributed by atoms with Gasteiger partial charge in [-0.25, -0.2) is 4.79 Å². The van der Waals surface area contributed by atoms with Crippen molar-refractivity contribution in [3.05, 3.63) is 11.5 Å². The Labute approximate surface area is 170 Å². The molecule has 2 aliphatic rings. The molecule has 0 aliphatic carbocycles. The fourth-order valence-electron chi connectivity index (χ4n) is 2.41. The van der Waals surface area contributed by atoms with Gasteiger partial charge < -0.3 is 28.4 Å². The van der Waals surface area contributed by atoms with E-state index < -0.39 is 53.5 Å². The second-order valence-corrected chi connectivity index (χ2v) is 9.47. The molecule has 29 heavy (non-hydrogen) atoms. The summed E-state index contributed by atoms with van der Waals surface area (Å²) in [5, 5.41) is 0. The molecule has 164 valence electrons. The highest BCUT2D eigenvalue weighted by Gasteiger charge is 2.49. The summed E-state index contributed by atoms with van der Waals surface area (Å²) in [4.78, 5) is 36.7. The van der Waals surface area contributed by atoms with Crippen LogP contribution in [0.1, 0.15) is 55.4 Å². The van der Waals surface area contributed by atoms with Crippen LogP contribution in [0.15, 0.2) is 11.5 Å². The van der Waals surface area contributed by atoms with E-state index in [4.69, 9.17) is 28.4 Å². The maximum absolute atomic E-state index is 12.4. The molecule has 2 atom stereocenters. The van der Waals surface area contributed by atoms with Crippen LogP contribution in [0.3, 0.4) is 0 Å². The average Bonchev–Trinajstić information content (AvgIpc) is 3.06. The van der Waals surface area contributed by atoms with Crippen molar-refractivity contribution in [2.45, 2.75) is 73.4 Å². The van der Waals surface area contributed by atoms with Crippen LogP contribution in [0.5, 0.6) is 0 Å². The lowest BCUT2D eigenvalue weighted by Crippen LogP contribution is -2.34. The van der Waals surface area contributed by atoms with E-state index in [0.717, 1.165) is 0 Å². The topological polar surface area (TPSA) is 107 Å². The molecule has 0 aromatic carbocycles. The van der Waals surface area contributed by atoms with E-state index in [-0.39, 0.29) is 18.1 Å². The monoisotopic (exact) mass is 414 g/mol. The van der Waals surface area contributed by atoms with Gasteiger partial charge in [-0.2, -0.15) is 0 Å². The molecule has 0 N–H and O–H groups in total. The van der Waals surface area contributed by atoms with Crippen LogP contribution in [-0.2, 0) is 42.8 Å². The number of carbonyl (C=O) groups excluding carboxylic acids is 3. The normalized spacial score (nSPS) is 24.3. The first-order chi connectivity index (χ1) is 13.1. The van der Waals surface area contributed by atoms with Gasteiger partial charge in [-0.05, 0) is 55.4 Å². The van der Waals surface area contributed by atoms with Gasteiger partial charge in [0.1, 0.15) is 6.10 Å². The Kier molecular flexibility index (Phi) is 6.34. The largest absolute Gasteiger partial charge is 0.453 e. The van der Waals surface area contributed by atoms with E-state index in [2.05, 4.69) is 0 Å². The third kappa shape index (κ3) is 5.70. The molecule has 2 unspecified atom stereocenters. The second-order valence-electron chi connectivity index (χ2n) is 9.47. The fraction of sp³-hybridized carbons (Fsp3) is 0.750. The summed E-state index contributed by atoms with van der Waals surface area (Å²) in [5.41, 5.74) is -1.59. The molecule has 2 rings (SSSR count). The van der Waals surface area contributed by atoms with E-state index >= 15 is 0 Å². The SMILES string of the molecule is CC1(C)OCC(C2OC(=O)C(OC(=O)C(C)(C)C)=C2OCOC(=O)C(C)(C)C)O1. The maximum Gasteiger partial charge on any atom is 0.378 e. The van der Waals surface area contributed by atoms with Gasteiger partial charge in [0.05, 0.1) is 17.4 Å². The van der Waals surface area contributed by atoms with Crippen LogP contribution in [0, 0.1) is 10.8 Å². The van der Waals surface area contributed by atoms with Crippen molar-refractivity contribution in [2.24, 2.45) is 10.8 Å². The Morgan fingerprint density at radius 2 is 1.66 bits per heavy atom. The highest BCUT2D eigenvalue weighted by molar-refractivity contribution is 5.93. The zero-order chi connectivity index (χ0) is 22.2. The van der Waals surface area contributed by atoms with Crippen molar-refractivity contribution in [3.8, 4) is 0 Å². The molecule has 0 spiro atoms. The third-order valence-corrected chi connectivity index (χ3v) is 4.09. The lowest BCUT2D eigenvalue weighted by atomic mass is 9.97. The molecule has 9 heteroatoms. The first-order valence-corrected chi connectivity index (χ1v) is 9.41. The standard InChI is InChI=1S/C20H30O9/c1-18(2,3)16(22)25-10-24-13-12(11-9-26-20(7,8)29-11)27-15(21)14(13)28-17(23)19(4,5)6/h11-12H,9-10H2,1-8H3. The van der Waals surface area contributed by atoms with Crippen molar-refractivity contribution in [3.63, 3.8) is 0 Å². The predicted octanol–water partition coefficient (Wildman–Crippen LogP) is 2.43. The molecule has 1 saturated heterocycles. The van der Waals surface area contributed by atoms with Crippen LogP contribution in [0.4, 0.5) is 0 Å². The molecule has 1 fully saturated rings. The number of hydrogen-bond acceptors (Lipinski definition) is 9. The number of carbonyl (C=O) groups is 3. The van der Waals surface area contributed by atoms with Crippen LogP contribution in [0.2, 0.25) is 0 Å². The van der Waals surface area contributed by atoms with Crippen LogP contribution in [-0.4, -0.2) is 49.3 Å². The maximum atomic E-state index is 12.4. The second kappa shape index (κ2) is 7.95. The molecule has 9 nitrogen and oxygen atoms in total. The van der Waals surface area contributed by atoms with Crippen LogP contribution in [0.25, 0.3) is 0 Å². The van der Waals surface area contributed by atoms with E-state index in [1.165, 1.54) is 0 Å². The summed E-state index contributed by atoms with van der Waals surface area (Å²) in [6.07, 6.45) is -1.67. The van der Waals surface area contributed by atoms with Crippen molar-refractivity contribution >= 4 is 17.9 Å². The van der Waals surface area contributed by atoms with Gasteiger partial charge in [0.25, 0.3) is 5.76 Å². The van der Waals surface area contributed by atoms with Gasteiger partial charge in [-0.3, -0.25) is 9.59 Å². The summed E-state index contributed by atoms with van der Waals surface area (Å²) in [6.45, 7) is 13.1. The van der Waals surface area contributed by atoms with E-state index in [0.29, 0.717) is 0 Å². The molecule has 0 aromatic heterocycles. The summed E-state index contributed by atoms with van der Waals surface area (Å²) >= 11 is 0. The number of esters is 3. The Morgan fingerprint density at radius 3 is 2.14 bits per heavy atom. The number of hydrogen-bond donors (Lipinski definition) is 0. The van der Waals surface area contributed by atoms with Crippen molar-refractivity contribution in [1.29, 1.82) is 0 Å². The Morgan fingerprint density at radius 1 is 1.07 bits per heavy atom. The van der Waals surface area contributed by atoms with Gasteiger partial charge in [0.15, 0.2) is 17.7 Å². The summed E-state index contributed by atoms with van der Waals surface area (Å²) in [7, 11) is 0. The lowest BCUT2D eigenvalue weighted by molar-refractivity contribution is -0.170. The van der Waals surface area contributed by atoms with E-state index in [9.17, 15) is 14.4 Å². The summed E-state index contributed by atoms with van der Waals surface area (Å²) in [5.74, 6) is -3.31. The Bertz CT molecular complexity index is 706. The molecular weight excluding hydrogens is 384 g/mol. The van der Waals surface area contributed by atoms with Gasteiger partial charge >= 0.3 is 17.9 Å². The van der Waals surface area contributed by atoms with Gasteiger partial charge in [0.2, 0.25) is 6.79 Å². The van der Waals surface area contributed by atoms with Gasteiger partial charge in [0, 0.05) is 0 Å². The summed E-state index contributed by atoms with van der Waals surface area (Å²) < 4.78 is 32.5. The lowest BCUT2D eigenvalue weighted by Gasteiger charge is -2.22. The minimum Gasteiger partial charge on any atom is -0.453 e. The smallest absolute Gasteiger partial charge is 0.378 e. The third-order valence-electron chi connectivity index (χ3n) is 4.09. The molecule has 0 radical (unpaired) electrons. The van der Waals surface area contributed by atoms with Gasteiger partial charge in [-0.1, -0.05) is 0 Å². The quantitative estimate of drug-likeness (QED) is 0.381. The Balaban J connectivity index is 2.24. The van der Waals surface area contributed by atoms with Crippen molar-refractivity contribution in [2.75, 3.05) is 13.4 Å². The highest BCUT2D eigenvalue weighted by atomic mass is 16.8. The van der Waals surface area contributed by atoms with Crippen LogP contribution < -0.4 is 0 Å². The first kappa shape index (κ1) is 23.2. The molecule has 2 heterocycles. The zero-order valence-electron chi connectivity index (χ0n) is 18.2. The van der Waals surface area contributed by atoms with E-state index in [1.807, 2.05) is 0 Å². The number of cyclic esters (lactones) is 1. The molecule has 0 aromatic rings.